The van der Waals surface area contributed by atoms with Crippen molar-refractivity contribution in [3.63, 3.8) is 0 Å². The van der Waals surface area contributed by atoms with Gasteiger partial charge in [0.25, 0.3) is 0 Å². The molecule has 1 fully saturated rings. The van der Waals surface area contributed by atoms with Gasteiger partial charge in [-0.2, -0.15) is 5.48 Å². The maximum absolute atomic E-state index is 12.0. The summed E-state index contributed by atoms with van der Waals surface area (Å²) >= 11 is 0. The Balaban J connectivity index is 2.47. The third-order valence-corrected chi connectivity index (χ3v) is 3.43. The summed E-state index contributed by atoms with van der Waals surface area (Å²) < 4.78 is 5.17. The molecule has 1 atom stereocenters. The molecule has 22 heavy (non-hydrogen) atoms. The van der Waals surface area contributed by atoms with Crippen molar-refractivity contribution >= 4 is 17.7 Å². The minimum absolute atomic E-state index is 0.208. The monoisotopic (exact) mass is 315 g/mol. The SMILES string of the molecule is CC(=O)C(NOC1CCC(C(=O)O)CC1)C(=O)OC(C)(C)C. The number of carboxylic acids is 1. The van der Waals surface area contributed by atoms with Gasteiger partial charge in [0, 0.05) is 0 Å². The summed E-state index contributed by atoms with van der Waals surface area (Å²) in [5, 5.41) is 8.93. The fraction of sp³-hybridized carbons (Fsp3) is 0.800. The number of hydroxylamine groups is 1. The molecule has 7 heteroatoms. The van der Waals surface area contributed by atoms with Crippen molar-refractivity contribution < 1.29 is 29.1 Å². The van der Waals surface area contributed by atoms with Crippen molar-refractivity contribution in [1.29, 1.82) is 0 Å². The zero-order chi connectivity index (χ0) is 16.9. The molecule has 1 saturated carbocycles. The standard InChI is InChI=1S/C15H25NO6/c1-9(17)12(14(20)21-15(2,3)4)16-22-11-7-5-10(6-8-11)13(18)19/h10-12,16H,5-8H2,1-4H3,(H,18,19). The molecule has 1 aliphatic carbocycles. The van der Waals surface area contributed by atoms with E-state index in [9.17, 15) is 14.4 Å². The first-order chi connectivity index (χ1) is 10.1. The fourth-order valence-electron chi connectivity index (χ4n) is 2.25. The Morgan fingerprint density at radius 3 is 2.09 bits per heavy atom. The second-order valence-electron chi connectivity index (χ2n) is 6.62. The van der Waals surface area contributed by atoms with Crippen molar-refractivity contribution in [2.24, 2.45) is 5.92 Å². The zero-order valence-electron chi connectivity index (χ0n) is 13.5. The Morgan fingerprint density at radius 1 is 1.14 bits per heavy atom. The van der Waals surface area contributed by atoms with Gasteiger partial charge in [0.1, 0.15) is 5.60 Å². The lowest BCUT2D eigenvalue weighted by atomic mass is 9.88. The third kappa shape index (κ3) is 6.11. The maximum atomic E-state index is 12.0. The minimum atomic E-state index is -1.17. The number of hydrogen-bond donors (Lipinski definition) is 2. The highest BCUT2D eigenvalue weighted by molar-refractivity contribution is 6.01. The summed E-state index contributed by atoms with van der Waals surface area (Å²) in [6.45, 7) is 6.44. The summed E-state index contributed by atoms with van der Waals surface area (Å²) in [5.41, 5.74) is 1.80. The van der Waals surface area contributed by atoms with E-state index < -0.39 is 29.4 Å². The number of ether oxygens (including phenoxy) is 1. The number of ketones is 1. The van der Waals surface area contributed by atoms with Crippen LogP contribution in [0.3, 0.4) is 0 Å². The van der Waals surface area contributed by atoms with E-state index in [1.54, 1.807) is 20.8 Å². The quantitative estimate of drug-likeness (QED) is 0.434. The van der Waals surface area contributed by atoms with Crippen LogP contribution >= 0.6 is 0 Å². The summed E-state index contributed by atoms with van der Waals surface area (Å²) in [5.74, 6) is -2.20. The molecule has 2 N–H and O–H groups in total. The van der Waals surface area contributed by atoms with Gasteiger partial charge in [0.15, 0.2) is 11.8 Å². The van der Waals surface area contributed by atoms with E-state index in [0.717, 1.165) is 0 Å². The van der Waals surface area contributed by atoms with Crippen LogP contribution in [-0.4, -0.2) is 40.6 Å². The van der Waals surface area contributed by atoms with Crippen LogP contribution in [0.4, 0.5) is 0 Å². The molecule has 1 aliphatic rings. The Labute approximate surface area is 130 Å². The molecule has 0 aromatic heterocycles. The highest BCUT2D eigenvalue weighted by Crippen LogP contribution is 2.26. The lowest BCUT2D eigenvalue weighted by Gasteiger charge is -2.28. The molecule has 1 unspecified atom stereocenters. The topological polar surface area (TPSA) is 102 Å². The van der Waals surface area contributed by atoms with Crippen LogP contribution in [0.5, 0.6) is 0 Å². The van der Waals surface area contributed by atoms with Gasteiger partial charge < -0.3 is 9.84 Å². The number of Topliss-reactive ketones (excluding diaryl/α,β-unsaturated/α-hetero) is 1. The highest BCUT2D eigenvalue weighted by Gasteiger charge is 2.31. The Kier molecular flexibility index (Phi) is 6.49. The zero-order valence-corrected chi connectivity index (χ0v) is 13.5. The third-order valence-electron chi connectivity index (χ3n) is 3.43. The molecular formula is C15H25NO6. The minimum Gasteiger partial charge on any atom is -0.481 e. The molecular weight excluding hydrogens is 290 g/mol. The number of rotatable bonds is 6. The molecule has 126 valence electrons. The lowest BCUT2D eigenvalue weighted by molar-refractivity contribution is -0.166. The lowest BCUT2D eigenvalue weighted by Crippen LogP contribution is -2.47. The van der Waals surface area contributed by atoms with E-state index in [4.69, 9.17) is 14.7 Å². The number of carboxylic acid groups (broad SMARTS) is 1. The first-order valence-electron chi connectivity index (χ1n) is 7.47. The van der Waals surface area contributed by atoms with Gasteiger partial charge in [-0.05, 0) is 53.4 Å². The van der Waals surface area contributed by atoms with Gasteiger partial charge in [-0.25, -0.2) is 4.79 Å². The molecule has 0 amide bonds. The summed E-state index contributed by atoms with van der Waals surface area (Å²) in [4.78, 5) is 39.8. The molecule has 0 spiro atoms. The molecule has 0 saturated heterocycles. The Morgan fingerprint density at radius 2 is 1.68 bits per heavy atom. The van der Waals surface area contributed by atoms with Crippen LogP contribution in [0, 0.1) is 5.92 Å². The first kappa shape index (κ1) is 18.6. The van der Waals surface area contributed by atoms with Crippen molar-refractivity contribution in [1.82, 2.24) is 5.48 Å². The van der Waals surface area contributed by atoms with Crippen molar-refractivity contribution in [3.8, 4) is 0 Å². The second-order valence-corrected chi connectivity index (χ2v) is 6.62. The van der Waals surface area contributed by atoms with Gasteiger partial charge in [0.2, 0.25) is 0 Å². The van der Waals surface area contributed by atoms with Gasteiger partial charge >= 0.3 is 11.9 Å². The largest absolute Gasteiger partial charge is 0.481 e. The van der Waals surface area contributed by atoms with Crippen molar-refractivity contribution in [2.75, 3.05) is 0 Å². The van der Waals surface area contributed by atoms with E-state index >= 15 is 0 Å². The van der Waals surface area contributed by atoms with Crippen LogP contribution in [0.25, 0.3) is 0 Å². The van der Waals surface area contributed by atoms with Crippen molar-refractivity contribution in [2.45, 2.75) is 71.1 Å². The predicted octanol–water partition coefficient (Wildman–Crippen LogP) is 1.45. The Hall–Kier alpha value is -1.47. The predicted molar refractivity (Wildman–Crippen MR) is 77.9 cm³/mol. The molecule has 0 heterocycles. The average molecular weight is 315 g/mol. The molecule has 0 bridgehead atoms. The van der Waals surface area contributed by atoms with Crippen LogP contribution < -0.4 is 5.48 Å². The highest BCUT2D eigenvalue weighted by atomic mass is 16.7. The van der Waals surface area contributed by atoms with E-state index in [2.05, 4.69) is 5.48 Å². The number of carbonyl (C=O) groups excluding carboxylic acids is 2. The fourth-order valence-corrected chi connectivity index (χ4v) is 2.25. The summed E-state index contributed by atoms with van der Waals surface area (Å²) in [6.07, 6.45) is 1.99. The van der Waals surface area contributed by atoms with Crippen LogP contribution in [0.1, 0.15) is 53.4 Å². The van der Waals surface area contributed by atoms with Gasteiger partial charge in [-0.3, -0.25) is 14.4 Å². The van der Waals surface area contributed by atoms with E-state index in [0.29, 0.717) is 25.7 Å². The smallest absolute Gasteiger partial charge is 0.333 e. The molecule has 7 nitrogen and oxygen atoms in total. The van der Waals surface area contributed by atoms with E-state index in [1.165, 1.54) is 6.92 Å². The van der Waals surface area contributed by atoms with E-state index in [-0.39, 0.29) is 12.0 Å². The summed E-state index contributed by atoms with van der Waals surface area (Å²) in [7, 11) is 0. The number of nitrogens with one attached hydrogen (secondary N) is 1. The molecule has 1 rings (SSSR count). The summed E-state index contributed by atoms with van der Waals surface area (Å²) in [6, 6.07) is -1.17. The van der Waals surface area contributed by atoms with E-state index in [1.807, 2.05) is 0 Å². The van der Waals surface area contributed by atoms with Gasteiger partial charge in [-0.15, -0.1) is 0 Å². The number of carbonyl (C=O) groups is 3. The molecule has 0 aromatic rings. The first-order valence-corrected chi connectivity index (χ1v) is 7.47. The number of aliphatic carboxylic acids is 1. The maximum Gasteiger partial charge on any atom is 0.333 e. The van der Waals surface area contributed by atoms with Gasteiger partial charge in [-0.1, -0.05) is 0 Å². The number of hydrogen-bond acceptors (Lipinski definition) is 6. The second kappa shape index (κ2) is 7.69. The van der Waals surface area contributed by atoms with Crippen molar-refractivity contribution in [3.05, 3.63) is 0 Å². The average Bonchev–Trinajstić information content (AvgIpc) is 2.36. The number of esters is 1. The van der Waals surface area contributed by atoms with Crippen LogP contribution in [0.15, 0.2) is 0 Å². The van der Waals surface area contributed by atoms with Crippen LogP contribution in [0.2, 0.25) is 0 Å². The molecule has 0 radical (unpaired) electrons. The van der Waals surface area contributed by atoms with Gasteiger partial charge in [0.05, 0.1) is 12.0 Å². The Bertz CT molecular complexity index is 420. The normalized spacial score (nSPS) is 23.6. The van der Waals surface area contributed by atoms with Crippen LogP contribution in [-0.2, 0) is 24.0 Å². The molecule has 0 aromatic carbocycles. The molecule has 0 aliphatic heterocycles.